The van der Waals surface area contributed by atoms with Crippen molar-refractivity contribution in [2.75, 3.05) is 26.8 Å². The molecular formula is C18H28FNO2. The fourth-order valence-electron chi connectivity index (χ4n) is 3.47. The van der Waals surface area contributed by atoms with Crippen molar-refractivity contribution in [3.63, 3.8) is 0 Å². The molecule has 0 radical (unpaired) electrons. The quantitative estimate of drug-likeness (QED) is 0.760. The van der Waals surface area contributed by atoms with Gasteiger partial charge < -0.3 is 15.2 Å². The second-order valence-electron chi connectivity index (χ2n) is 6.43. The van der Waals surface area contributed by atoms with Crippen molar-refractivity contribution in [3.05, 3.63) is 35.1 Å². The van der Waals surface area contributed by atoms with Crippen LogP contribution < -0.4 is 5.32 Å². The van der Waals surface area contributed by atoms with Gasteiger partial charge in [0, 0.05) is 26.2 Å². The van der Waals surface area contributed by atoms with Gasteiger partial charge in [-0.25, -0.2) is 4.39 Å². The molecule has 2 atom stereocenters. The Morgan fingerprint density at radius 3 is 2.82 bits per heavy atom. The number of benzene rings is 1. The zero-order chi connectivity index (χ0) is 16.0. The molecule has 1 fully saturated rings. The van der Waals surface area contributed by atoms with Gasteiger partial charge in [-0.05, 0) is 68.8 Å². The fourth-order valence-corrected chi connectivity index (χ4v) is 3.47. The molecule has 2 N–H and O–H groups in total. The lowest BCUT2D eigenvalue weighted by Crippen LogP contribution is -2.44. The first-order chi connectivity index (χ1) is 10.6. The molecule has 1 heterocycles. The van der Waals surface area contributed by atoms with Crippen molar-refractivity contribution >= 4 is 0 Å². The molecule has 4 heteroatoms. The summed E-state index contributed by atoms with van der Waals surface area (Å²) in [4.78, 5) is 0. The molecule has 1 aromatic rings. The Kier molecular flexibility index (Phi) is 6.36. The van der Waals surface area contributed by atoms with Crippen molar-refractivity contribution in [2.24, 2.45) is 5.92 Å². The minimum Gasteiger partial charge on any atom is -0.385 e. The maximum Gasteiger partial charge on any atom is 0.123 e. The van der Waals surface area contributed by atoms with Gasteiger partial charge in [-0.15, -0.1) is 0 Å². The number of piperidine rings is 1. The number of hydrogen-bond donors (Lipinski definition) is 2. The highest BCUT2D eigenvalue weighted by Gasteiger charge is 2.38. The van der Waals surface area contributed by atoms with Crippen molar-refractivity contribution in [3.8, 4) is 0 Å². The van der Waals surface area contributed by atoms with Crippen molar-refractivity contribution in [2.45, 2.75) is 44.6 Å². The summed E-state index contributed by atoms with van der Waals surface area (Å²) in [6.45, 7) is 4.35. The summed E-state index contributed by atoms with van der Waals surface area (Å²) in [5.74, 6) is -0.140. The summed E-state index contributed by atoms with van der Waals surface area (Å²) in [5.41, 5.74) is 0.610. The first kappa shape index (κ1) is 17.4. The summed E-state index contributed by atoms with van der Waals surface area (Å²) >= 11 is 0. The molecule has 1 aliphatic rings. The number of aliphatic hydroxyl groups is 1. The van der Waals surface area contributed by atoms with E-state index < -0.39 is 5.60 Å². The average Bonchev–Trinajstić information content (AvgIpc) is 2.51. The van der Waals surface area contributed by atoms with Crippen LogP contribution in [0.3, 0.4) is 0 Å². The Bertz CT molecular complexity index is 454. The SMILES string of the molecule is COCCCC[C@@](O)(c1cc(C)cc(F)c1)C1CCCNC1. The van der Waals surface area contributed by atoms with E-state index >= 15 is 0 Å². The Balaban J connectivity index is 2.22. The summed E-state index contributed by atoms with van der Waals surface area (Å²) < 4.78 is 18.9. The third-order valence-corrected chi connectivity index (χ3v) is 4.67. The van der Waals surface area contributed by atoms with E-state index in [0.717, 1.165) is 49.9 Å². The van der Waals surface area contributed by atoms with Crippen LogP contribution in [0.25, 0.3) is 0 Å². The number of rotatable bonds is 7. The Labute approximate surface area is 132 Å². The topological polar surface area (TPSA) is 41.5 Å². The highest BCUT2D eigenvalue weighted by atomic mass is 19.1. The Morgan fingerprint density at radius 1 is 1.36 bits per heavy atom. The van der Waals surface area contributed by atoms with E-state index in [1.54, 1.807) is 7.11 Å². The number of hydrogen-bond acceptors (Lipinski definition) is 3. The van der Waals surface area contributed by atoms with Crippen LogP contribution in [0.4, 0.5) is 4.39 Å². The molecule has 0 bridgehead atoms. The van der Waals surface area contributed by atoms with E-state index in [0.29, 0.717) is 13.0 Å². The second kappa shape index (κ2) is 8.04. The molecule has 22 heavy (non-hydrogen) atoms. The van der Waals surface area contributed by atoms with Gasteiger partial charge in [0.2, 0.25) is 0 Å². The molecule has 0 aliphatic carbocycles. The summed E-state index contributed by atoms with van der Waals surface area (Å²) in [7, 11) is 1.69. The van der Waals surface area contributed by atoms with E-state index in [1.165, 1.54) is 12.1 Å². The predicted molar refractivity (Wildman–Crippen MR) is 86.4 cm³/mol. The van der Waals surface area contributed by atoms with Gasteiger partial charge >= 0.3 is 0 Å². The molecule has 1 aromatic carbocycles. The van der Waals surface area contributed by atoms with E-state index in [4.69, 9.17) is 4.74 Å². The molecule has 1 aliphatic heterocycles. The third kappa shape index (κ3) is 4.28. The van der Waals surface area contributed by atoms with Gasteiger partial charge in [-0.2, -0.15) is 0 Å². The molecular weight excluding hydrogens is 281 g/mol. The summed E-state index contributed by atoms with van der Waals surface area (Å²) in [6.07, 6.45) is 4.46. The molecule has 3 nitrogen and oxygen atoms in total. The van der Waals surface area contributed by atoms with Crippen molar-refractivity contribution in [1.82, 2.24) is 5.32 Å². The predicted octanol–water partition coefficient (Wildman–Crippen LogP) is 3.14. The molecule has 0 aromatic heterocycles. The molecule has 124 valence electrons. The highest BCUT2D eigenvalue weighted by molar-refractivity contribution is 5.29. The van der Waals surface area contributed by atoms with Crippen LogP contribution in [-0.4, -0.2) is 31.9 Å². The minimum absolute atomic E-state index is 0.130. The fraction of sp³-hybridized carbons (Fsp3) is 0.667. The first-order valence-electron chi connectivity index (χ1n) is 8.26. The van der Waals surface area contributed by atoms with Crippen molar-refractivity contribution < 1.29 is 14.2 Å². The zero-order valence-corrected chi connectivity index (χ0v) is 13.7. The van der Waals surface area contributed by atoms with Crippen LogP contribution in [0.2, 0.25) is 0 Å². The van der Waals surface area contributed by atoms with Gasteiger partial charge in [-0.1, -0.05) is 6.07 Å². The van der Waals surface area contributed by atoms with Gasteiger partial charge in [0.25, 0.3) is 0 Å². The van der Waals surface area contributed by atoms with Gasteiger partial charge in [0.15, 0.2) is 0 Å². The molecule has 0 saturated carbocycles. The lowest BCUT2D eigenvalue weighted by atomic mass is 9.74. The van der Waals surface area contributed by atoms with Crippen LogP contribution in [0.5, 0.6) is 0 Å². The average molecular weight is 309 g/mol. The number of aryl methyl sites for hydroxylation is 1. The molecule has 1 unspecified atom stereocenters. The van der Waals surface area contributed by atoms with E-state index in [9.17, 15) is 9.50 Å². The number of halogens is 1. The number of methoxy groups -OCH3 is 1. The largest absolute Gasteiger partial charge is 0.385 e. The zero-order valence-electron chi connectivity index (χ0n) is 13.7. The molecule has 1 saturated heterocycles. The van der Waals surface area contributed by atoms with Crippen LogP contribution in [0, 0.1) is 18.7 Å². The van der Waals surface area contributed by atoms with E-state index in [1.807, 2.05) is 13.0 Å². The molecule has 2 rings (SSSR count). The maximum atomic E-state index is 13.8. The minimum atomic E-state index is -0.964. The maximum absolute atomic E-state index is 13.8. The Hall–Kier alpha value is -0.970. The van der Waals surface area contributed by atoms with E-state index in [-0.39, 0.29) is 11.7 Å². The summed E-state index contributed by atoms with van der Waals surface area (Å²) in [6, 6.07) is 4.93. The van der Waals surface area contributed by atoms with Gasteiger partial charge in [0.05, 0.1) is 5.60 Å². The number of unbranched alkanes of at least 4 members (excludes halogenated alkanes) is 1. The highest BCUT2D eigenvalue weighted by Crippen LogP contribution is 2.38. The monoisotopic (exact) mass is 309 g/mol. The standard InChI is InChI=1S/C18H28FNO2/c1-14-10-16(12-17(19)11-14)18(21,7-3-4-9-22-2)15-6-5-8-20-13-15/h10-12,15,20-21H,3-9,13H2,1-2H3/t15?,18-/m0/s1. The Morgan fingerprint density at radius 2 is 2.18 bits per heavy atom. The van der Waals surface area contributed by atoms with Crippen LogP contribution in [0.15, 0.2) is 18.2 Å². The molecule has 0 amide bonds. The van der Waals surface area contributed by atoms with Crippen LogP contribution in [-0.2, 0) is 10.3 Å². The molecule has 0 spiro atoms. The van der Waals surface area contributed by atoms with Gasteiger partial charge in [-0.3, -0.25) is 0 Å². The second-order valence-corrected chi connectivity index (χ2v) is 6.43. The first-order valence-corrected chi connectivity index (χ1v) is 8.26. The third-order valence-electron chi connectivity index (χ3n) is 4.67. The normalized spacial score (nSPS) is 21.5. The van der Waals surface area contributed by atoms with Crippen LogP contribution >= 0.6 is 0 Å². The van der Waals surface area contributed by atoms with Gasteiger partial charge in [0.1, 0.15) is 5.82 Å². The number of nitrogens with one attached hydrogen (secondary N) is 1. The lowest BCUT2D eigenvalue weighted by Gasteiger charge is -2.39. The number of ether oxygens (including phenoxy) is 1. The van der Waals surface area contributed by atoms with Crippen LogP contribution in [0.1, 0.15) is 43.2 Å². The lowest BCUT2D eigenvalue weighted by molar-refractivity contribution is -0.0436. The smallest absolute Gasteiger partial charge is 0.123 e. The summed E-state index contributed by atoms with van der Waals surface area (Å²) in [5, 5.41) is 14.8. The van der Waals surface area contributed by atoms with Crippen molar-refractivity contribution in [1.29, 1.82) is 0 Å². The van der Waals surface area contributed by atoms with E-state index in [2.05, 4.69) is 5.32 Å².